The van der Waals surface area contributed by atoms with Gasteiger partial charge in [0.1, 0.15) is 23.7 Å². The van der Waals surface area contributed by atoms with Gasteiger partial charge in [0.15, 0.2) is 0 Å². The van der Waals surface area contributed by atoms with Crippen molar-refractivity contribution < 1.29 is 17.6 Å². The van der Waals surface area contributed by atoms with Crippen LogP contribution in [0.4, 0.5) is 17.6 Å². The van der Waals surface area contributed by atoms with Gasteiger partial charge in [-0.15, -0.1) is 11.3 Å². The summed E-state index contributed by atoms with van der Waals surface area (Å²) in [7, 11) is 0. The Bertz CT molecular complexity index is 1040. The highest BCUT2D eigenvalue weighted by molar-refractivity contribution is 9.11. The quantitative estimate of drug-likeness (QED) is 0.160. The molecule has 0 radical (unpaired) electrons. The SMILES string of the molecule is N/N=C\N(N)CC(c1ccc(F)cc1F)C(F)(F)c1ccc(-c2ccc(Br)s2)cn1. The molecule has 0 aliphatic carbocycles. The second-order valence-electron chi connectivity index (χ2n) is 6.34. The van der Waals surface area contributed by atoms with Crippen LogP contribution in [0.25, 0.3) is 10.4 Å². The Morgan fingerprint density at radius 2 is 1.97 bits per heavy atom. The second-order valence-corrected chi connectivity index (χ2v) is 8.80. The van der Waals surface area contributed by atoms with Crippen LogP contribution in [0, 0.1) is 11.6 Å². The lowest BCUT2D eigenvalue weighted by Crippen LogP contribution is -2.40. The molecule has 0 aliphatic rings. The molecule has 0 saturated carbocycles. The van der Waals surface area contributed by atoms with E-state index in [1.165, 1.54) is 29.7 Å². The molecule has 30 heavy (non-hydrogen) atoms. The van der Waals surface area contributed by atoms with Gasteiger partial charge in [-0.1, -0.05) is 6.07 Å². The average molecular weight is 502 g/mol. The predicted molar refractivity (Wildman–Crippen MR) is 112 cm³/mol. The van der Waals surface area contributed by atoms with Gasteiger partial charge in [0, 0.05) is 29.2 Å². The van der Waals surface area contributed by atoms with E-state index in [-0.39, 0.29) is 0 Å². The molecule has 0 fully saturated rings. The molecule has 1 unspecified atom stereocenters. The summed E-state index contributed by atoms with van der Waals surface area (Å²) in [5, 5.41) is 3.98. The zero-order valence-electron chi connectivity index (χ0n) is 15.3. The fourth-order valence-electron chi connectivity index (χ4n) is 2.92. The van der Waals surface area contributed by atoms with Gasteiger partial charge in [0.2, 0.25) is 0 Å². The minimum absolute atomic E-state index is 0.407. The van der Waals surface area contributed by atoms with Crippen LogP contribution in [0.1, 0.15) is 17.2 Å². The van der Waals surface area contributed by atoms with E-state index in [0.29, 0.717) is 11.6 Å². The number of nitrogens with zero attached hydrogens (tertiary/aromatic N) is 3. The van der Waals surface area contributed by atoms with E-state index in [4.69, 9.17) is 11.7 Å². The van der Waals surface area contributed by atoms with Crippen LogP contribution >= 0.6 is 27.3 Å². The molecule has 0 saturated heterocycles. The van der Waals surface area contributed by atoms with E-state index < -0.39 is 41.3 Å². The minimum Gasteiger partial charge on any atom is -0.322 e. The lowest BCUT2D eigenvalue weighted by Gasteiger charge is -2.29. The number of benzene rings is 1. The van der Waals surface area contributed by atoms with Gasteiger partial charge in [-0.2, -0.15) is 13.9 Å². The molecule has 4 N–H and O–H groups in total. The second kappa shape index (κ2) is 9.11. The van der Waals surface area contributed by atoms with E-state index in [9.17, 15) is 8.78 Å². The Morgan fingerprint density at radius 1 is 1.20 bits per heavy atom. The first-order valence-corrected chi connectivity index (χ1v) is 10.1. The Kier molecular flexibility index (Phi) is 6.74. The maximum atomic E-state index is 15.4. The molecule has 0 aliphatic heterocycles. The summed E-state index contributed by atoms with van der Waals surface area (Å²) in [5.74, 6) is 3.23. The van der Waals surface area contributed by atoms with Crippen molar-refractivity contribution in [2.24, 2.45) is 16.8 Å². The average Bonchev–Trinajstić information content (AvgIpc) is 3.13. The molecule has 2 heterocycles. The van der Waals surface area contributed by atoms with Crippen molar-refractivity contribution in [3.05, 3.63) is 75.3 Å². The molecule has 1 aromatic carbocycles. The summed E-state index contributed by atoms with van der Waals surface area (Å²) >= 11 is 4.78. The lowest BCUT2D eigenvalue weighted by atomic mass is 9.89. The van der Waals surface area contributed by atoms with Crippen molar-refractivity contribution in [1.29, 1.82) is 0 Å². The minimum atomic E-state index is -3.63. The summed E-state index contributed by atoms with van der Waals surface area (Å²) < 4.78 is 59.4. The molecule has 0 spiro atoms. The molecule has 2 aromatic heterocycles. The van der Waals surface area contributed by atoms with Crippen LogP contribution in [0.15, 0.2) is 57.5 Å². The largest absolute Gasteiger partial charge is 0.322 e. The lowest BCUT2D eigenvalue weighted by molar-refractivity contribution is -0.0443. The number of hydrogen-bond donors (Lipinski definition) is 2. The van der Waals surface area contributed by atoms with Crippen molar-refractivity contribution >= 4 is 33.6 Å². The Labute approximate surface area is 182 Å². The summed E-state index contributed by atoms with van der Waals surface area (Å²) in [4.78, 5) is 4.76. The molecule has 158 valence electrons. The first-order chi connectivity index (χ1) is 14.2. The van der Waals surface area contributed by atoms with Crippen LogP contribution in [-0.4, -0.2) is 22.9 Å². The van der Waals surface area contributed by atoms with Gasteiger partial charge in [-0.25, -0.2) is 14.6 Å². The fourth-order valence-corrected chi connectivity index (χ4v) is 4.30. The molecule has 3 aromatic rings. The Morgan fingerprint density at radius 3 is 2.53 bits per heavy atom. The van der Waals surface area contributed by atoms with Gasteiger partial charge in [-0.3, -0.25) is 9.99 Å². The first-order valence-electron chi connectivity index (χ1n) is 8.52. The standard InChI is InChI=1S/C19H16BrF4N5S/c20-18-6-4-16(30-18)11-1-5-17(27-8-11)19(23,24)14(9-29(26)10-28-25)13-3-2-12(21)7-15(13)22/h1-8,10,14H,9,25-26H2/b28-10-. The van der Waals surface area contributed by atoms with E-state index in [2.05, 4.69) is 26.0 Å². The summed E-state index contributed by atoms with van der Waals surface area (Å²) in [6, 6.07) is 8.77. The van der Waals surface area contributed by atoms with Gasteiger partial charge in [0.25, 0.3) is 5.92 Å². The topological polar surface area (TPSA) is 80.5 Å². The number of thiophene rings is 1. The van der Waals surface area contributed by atoms with E-state index >= 15 is 8.78 Å². The van der Waals surface area contributed by atoms with Crippen molar-refractivity contribution in [1.82, 2.24) is 9.99 Å². The molecule has 0 amide bonds. The van der Waals surface area contributed by atoms with Crippen LogP contribution in [0.5, 0.6) is 0 Å². The number of aromatic nitrogens is 1. The van der Waals surface area contributed by atoms with Gasteiger partial charge < -0.3 is 5.84 Å². The smallest absolute Gasteiger partial charge is 0.298 e. The molecule has 1 atom stereocenters. The van der Waals surface area contributed by atoms with Gasteiger partial charge in [-0.05, 0) is 51.8 Å². The fraction of sp³-hybridized carbons (Fsp3) is 0.158. The highest BCUT2D eigenvalue weighted by atomic mass is 79.9. The predicted octanol–water partition coefficient (Wildman–Crippen LogP) is 4.80. The van der Waals surface area contributed by atoms with E-state index in [0.717, 1.165) is 32.1 Å². The number of hydrazone groups is 1. The molecule has 5 nitrogen and oxygen atoms in total. The third-order valence-electron chi connectivity index (χ3n) is 4.35. The van der Waals surface area contributed by atoms with Crippen molar-refractivity contribution in [3.63, 3.8) is 0 Å². The molecule has 0 bridgehead atoms. The number of hydrazine groups is 1. The number of pyridine rings is 1. The number of alkyl halides is 2. The van der Waals surface area contributed by atoms with Crippen LogP contribution < -0.4 is 11.7 Å². The number of nitrogens with two attached hydrogens (primary N) is 2. The van der Waals surface area contributed by atoms with Crippen LogP contribution in [0.2, 0.25) is 0 Å². The number of halogens is 5. The molecule has 11 heteroatoms. The first kappa shape index (κ1) is 22.2. The summed E-state index contributed by atoms with van der Waals surface area (Å²) in [5.41, 5.74) is -0.325. The van der Waals surface area contributed by atoms with Crippen molar-refractivity contribution in [2.75, 3.05) is 6.54 Å². The van der Waals surface area contributed by atoms with Crippen LogP contribution in [0.3, 0.4) is 0 Å². The maximum Gasteiger partial charge on any atom is 0.298 e. The van der Waals surface area contributed by atoms with Crippen molar-refractivity contribution in [3.8, 4) is 10.4 Å². The van der Waals surface area contributed by atoms with Gasteiger partial charge in [0.05, 0.1) is 9.70 Å². The zero-order valence-corrected chi connectivity index (χ0v) is 17.7. The van der Waals surface area contributed by atoms with E-state index in [1.54, 1.807) is 0 Å². The van der Waals surface area contributed by atoms with Crippen LogP contribution in [-0.2, 0) is 5.92 Å². The maximum absolute atomic E-state index is 15.4. The third-order valence-corrected chi connectivity index (χ3v) is 6.02. The van der Waals surface area contributed by atoms with E-state index in [1.807, 2.05) is 12.1 Å². The molecular weight excluding hydrogens is 486 g/mol. The zero-order chi connectivity index (χ0) is 21.9. The van der Waals surface area contributed by atoms with Crippen molar-refractivity contribution in [2.45, 2.75) is 11.8 Å². The van der Waals surface area contributed by atoms with Gasteiger partial charge >= 0.3 is 0 Å². The Hall–Kier alpha value is -2.50. The number of rotatable bonds is 7. The summed E-state index contributed by atoms with van der Waals surface area (Å²) in [6.07, 6.45) is 2.25. The number of hydrogen-bond acceptors (Lipinski definition) is 5. The Balaban J connectivity index is 1.99. The highest BCUT2D eigenvalue weighted by Gasteiger charge is 2.45. The summed E-state index contributed by atoms with van der Waals surface area (Å²) in [6.45, 7) is -0.544. The normalized spacial score (nSPS) is 13.0. The molecular formula is C19H16BrF4N5S. The highest BCUT2D eigenvalue weighted by Crippen LogP contribution is 2.43. The third kappa shape index (κ3) is 4.79. The molecule has 3 rings (SSSR count). The monoisotopic (exact) mass is 501 g/mol.